The first-order valence-corrected chi connectivity index (χ1v) is 16.8. The highest BCUT2D eigenvalue weighted by atomic mass is 19.3. The third-order valence-corrected chi connectivity index (χ3v) is 9.13. The van der Waals surface area contributed by atoms with Crippen LogP contribution in [-0.2, 0) is 19.1 Å². The van der Waals surface area contributed by atoms with Crippen LogP contribution in [-0.4, -0.2) is 73.9 Å². The predicted octanol–water partition coefficient (Wildman–Crippen LogP) is 7.24. The number of fused-ring (bicyclic) bond motifs is 1. The van der Waals surface area contributed by atoms with Crippen LogP contribution in [0.2, 0.25) is 0 Å². The SMILES string of the molecule is COCCCN1C(=O)C(F)(F)Oc2ccc(N(C(=O)C3CN(C(=O)OC(C)(C)C)CCC3c3cccc(-c4ccccc4)c3)C3CC3)cc21. The largest absolute Gasteiger partial charge is 0.482 e. The van der Waals surface area contributed by atoms with Gasteiger partial charge < -0.3 is 28.9 Å². The maximum Gasteiger partial charge on any atom is 0.482 e. The van der Waals surface area contributed by atoms with Crippen LogP contribution >= 0.6 is 0 Å². The predicted molar refractivity (Wildman–Crippen MR) is 182 cm³/mol. The van der Waals surface area contributed by atoms with Crippen LogP contribution in [0.3, 0.4) is 0 Å². The molecule has 3 aliphatic rings. The second kappa shape index (κ2) is 13.8. The van der Waals surface area contributed by atoms with E-state index in [4.69, 9.17) is 14.2 Å². The molecule has 11 heteroatoms. The number of ether oxygens (including phenoxy) is 3. The molecule has 1 saturated carbocycles. The number of likely N-dealkylation sites (tertiary alicyclic amines) is 1. The molecule has 1 saturated heterocycles. The summed E-state index contributed by atoms with van der Waals surface area (Å²) in [6, 6.07) is 22.7. The molecule has 2 heterocycles. The van der Waals surface area contributed by atoms with Crippen molar-refractivity contribution in [3.8, 4) is 16.9 Å². The van der Waals surface area contributed by atoms with E-state index in [0.29, 0.717) is 25.1 Å². The van der Waals surface area contributed by atoms with E-state index in [9.17, 15) is 23.2 Å². The zero-order valence-corrected chi connectivity index (χ0v) is 28.4. The lowest BCUT2D eigenvalue weighted by Gasteiger charge is -2.41. The van der Waals surface area contributed by atoms with E-state index in [1.165, 1.54) is 13.2 Å². The van der Waals surface area contributed by atoms with E-state index in [1.807, 2.05) is 69.3 Å². The van der Waals surface area contributed by atoms with Crippen LogP contribution < -0.4 is 14.5 Å². The fourth-order valence-corrected chi connectivity index (χ4v) is 6.69. The number of rotatable bonds is 9. The van der Waals surface area contributed by atoms with Crippen LogP contribution in [0.5, 0.6) is 5.75 Å². The van der Waals surface area contributed by atoms with Gasteiger partial charge in [-0.05, 0) is 87.3 Å². The number of hydrogen-bond acceptors (Lipinski definition) is 6. The molecule has 0 radical (unpaired) electrons. The standard InChI is InChI=1S/C38H43F2N3O6/c1-37(2,3)49-36(46)41-20-18-30(27-13-8-12-26(22-27)25-10-6-5-7-11-25)31(24-41)34(44)43(28-14-15-28)29-16-17-33-32(23-29)42(19-9-21-47-4)35(45)38(39,40)48-33/h5-8,10-13,16-17,22-23,28,30-31H,9,14-15,18-21,24H2,1-4H3. The molecular weight excluding hydrogens is 632 g/mol. The molecule has 1 aliphatic carbocycles. The number of hydrogen-bond donors (Lipinski definition) is 0. The average molecular weight is 676 g/mol. The van der Waals surface area contributed by atoms with Crippen molar-refractivity contribution >= 4 is 29.3 Å². The summed E-state index contributed by atoms with van der Waals surface area (Å²) in [6.45, 7) is 6.27. The molecule has 49 heavy (non-hydrogen) atoms. The molecule has 3 aromatic rings. The number of amides is 3. The molecule has 2 fully saturated rings. The van der Waals surface area contributed by atoms with Crippen LogP contribution in [0.4, 0.5) is 25.0 Å². The van der Waals surface area contributed by atoms with Gasteiger partial charge in [0.05, 0.1) is 11.6 Å². The summed E-state index contributed by atoms with van der Waals surface area (Å²) in [4.78, 5) is 45.4. The van der Waals surface area contributed by atoms with Gasteiger partial charge in [0, 0.05) is 45.1 Å². The lowest BCUT2D eigenvalue weighted by molar-refractivity contribution is -0.192. The number of benzene rings is 3. The van der Waals surface area contributed by atoms with Gasteiger partial charge in [-0.3, -0.25) is 9.59 Å². The smallest absolute Gasteiger partial charge is 0.444 e. The van der Waals surface area contributed by atoms with E-state index in [1.54, 1.807) is 21.9 Å². The van der Waals surface area contributed by atoms with Crippen molar-refractivity contribution in [2.45, 2.75) is 70.1 Å². The highest BCUT2D eigenvalue weighted by Gasteiger charge is 2.51. The molecule has 0 aromatic heterocycles. The highest BCUT2D eigenvalue weighted by molar-refractivity contribution is 6.03. The number of methoxy groups -OCH3 is 1. The molecule has 6 rings (SSSR count). The number of piperidine rings is 1. The third-order valence-electron chi connectivity index (χ3n) is 9.13. The van der Waals surface area contributed by atoms with Crippen molar-refractivity contribution in [1.82, 2.24) is 4.90 Å². The van der Waals surface area contributed by atoms with Crippen molar-refractivity contribution < 1.29 is 37.4 Å². The van der Waals surface area contributed by atoms with Crippen molar-refractivity contribution in [3.05, 3.63) is 78.4 Å². The Balaban J connectivity index is 1.36. The Labute approximate surface area is 285 Å². The first-order valence-electron chi connectivity index (χ1n) is 16.8. The van der Waals surface area contributed by atoms with Gasteiger partial charge in [-0.2, -0.15) is 8.78 Å². The van der Waals surface area contributed by atoms with Crippen molar-refractivity contribution in [3.63, 3.8) is 0 Å². The molecule has 0 bridgehead atoms. The van der Waals surface area contributed by atoms with E-state index in [2.05, 4.69) is 6.07 Å². The number of carbonyl (C=O) groups excluding carboxylic acids is 3. The van der Waals surface area contributed by atoms with E-state index in [0.717, 1.165) is 34.4 Å². The highest BCUT2D eigenvalue weighted by Crippen LogP contribution is 2.45. The fraction of sp³-hybridized carbons (Fsp3) is 0.447. The quantitative estimate of drug-likeness (QED) is 0.222. The van der Waals surface area contributed by atoms with Crippen LogP contribution in [0.15, 0.2) is 72.8 Å². The van der Waals surface area contributed by atoms with Gasteiger partial charge in [-0.1, -0.05) is 54.6 Å². The summed E-state index contributed by atoms with van der Waals surface area (Å²) in [6.07, 6.45) is -2.07. The normalized spacial score (nSPS) is 20.3. The third kappa shape index (κ3) is 7.56. The Hall–Kier alpha value is -4.51. The zero-order valence-electron chi connectivity index (χ0n) is 28.4. The van der Waals surface area contributed by atoms with Crippen molar-refractivity contribution in [2.24, 2.45) is 5.92 Å². The van der Waals surface area contributed by atoms with Gasteiger partial charge in [0.15, 0.2) is 5.75 Å². The lowest BCUT2D eigenvalue weighted by Crippen LogP contribution is -2.52. The number of alkyl halides is 2. The fourth-order valence-electron chi connectivity index (χ4n) is 6.69. The maximum absolute atomic E-state index is 14.9. The molecular formula is C38H43F2N3O6. The van der Waals surface area contributed by atoms with E-state index >= 15 is 0 Å². The van der Waals surface area contributed by atoms with Crippen molar-refractivity contribution in [1.29, 1.82) is 0 Å². The summed E-state index contributed by atoms with van der Waals surface area (Å²) in [7, 11) is 1.50. The van der Waals surface area contributed by atoms with Gasteiger partial charge in [0.1, 0.15) is 5.60 Å². The summed E-state index contributed by atoms with van der Waals surface area (Å²) in [5, 5.41) is 0. The summed E-state index contributed by atoms with van der Waals surface area (Å²) in [5.41, 5.74) is 3.04. The van der Waals surface area contributed by atoms with E-state index in [-0.39, 0.29) is 49.0 Å². The Kier molecular flexibility index (Phi) is 9.66. The van der Waals surface area contributed by atoms with Crippen molar-refractivity contribution in [2.75, 3.05) is 43.2 Å². The van der Waals surface area contributed by atoms with Gasteiger partial charge in [-0.25, -0.2) is 4.79 Å². The first-order chi connectivity index (χ1) is 23.4. The summed E-state index contributed by atoms with van der Waals surface area (Å²) >= 11 is 0. The van der Waals surface area contributed by atoms with E-state index < -0.39 is 29.6 Å². The van der Waals surface area contributed by atoms with Gasteiger partial charge in [0.25, 0.3) is 0 Å². The average Bonchev–Trinajstić information content (AvgIpc) is 3.91. The first kappa shape index (κ1) is 34.4. The second-order valence-corrected chi connectivity index (χ2v) is 13.9. The van der Waals surface area contributed by atoms with Gasteiger partial charge in [-0.15, -0.1) is 0 Å². The van der Waals surface area contributed by atoms with Crippen LogP contribution in [0.25, 0.3) is 11.1 Å². The lowest BCUT2D eigenvalue weighted by atomic mass is 9.79. The Morgan fingerprint density at radius 3 is 2.41 bits per heavy atom. The number of nitrogens with zero attached hydrogens (tertiary/aromatic N) is 3. The molecule has 2 aliphatic heterocycles. The Morgan fingerprint density at radius 1 is 0.980 bits per heavy atom. The van der Waals surface area contributed by atoms with Crippen LogP contribution in [0, 0.1) is 5.92 Å². The molecule has 3 amide bonds. The molecule has 0 spiro atoms. The molecule has 0 N–H and O–H groups in total. The molecule has 260 valence electrons. The molecule has 9 nitrogen and oxygen atoms in total. The summed E-state index contributed by atoms with van der Waals surface area (Å²) < 4.78 is 44.8. The molecule has 2 atom stereocenters. The monoisotopic (exact) mass is 675 g/mol. The van der Waals surface area contributed by atoms with Gasteiger partial charge >= 0.3 is 18.1 Å². The topological polar surface area (TPSA) is 88.6 Å². The summed E-state index contributed by atoms with van der Waals surface area (Å²) in [5.74, 6) is -2.61. The number of halogens is 2. The van der Waals surface area contributed by atoms with Crippen LogP contribution in [0.1, 0.15) is 57.9 Å². The second-order valence-electron chi connectivity index (χ2n) is 13.9. The maximum atomic E-state index is 14.9. The molecule has 2 unspecified atom stereocenters. The molecule has 3 aromatic carbocycles. The number of carbonyl (C=O) groups is 3. The minimum absolute atomic E-state index is 0.00719. The zero-order chi connectivity index (χ0) is 34.9. The van der Waals surface area contributed by atoms with Gasteiger partial charge in [0.2, 0.25) is 5.91 Å². The minimum atomic E-state index is -4.01. The minimum Gasteiger partial charge on any atom is -0.444 e. The number of anilines is 2. The Morgan fingerprint density at radius 2 is 1.71 bits per heavy atom. The Bertz CT molecular complexity index is 1690.